The monoisotopic (exact) mass is 375 g/mol. The first-order valence-corrected chi connectivity index (χ1v) is 8.13. The van der Waals surface area contributed by atoms with E-state index in [9.17, 15) is 10.1 Å². The zero-order valence-electron chi connectivity index (χ0n) is 13.6. The maximum atomic E-state index is 11.0. The van der Waals surface area contributed by atoms with Crippen molar-refractivity contribution in [1.29, 1.82) is 0 Å². The van der Waals surface area contributed by atoms with E-state index in [4.69, 9.17) is 24.4 Å². The first-order chi connectivity index (χ1) is 11.9. The molecule has 0 aromatic heterocycles. The minimum absolute atomic E-state index is 0.0671. The molecule has 130 valence electrons. The molecule has 9 heteroatoms. The maximum absolute atomic E-state index is 11.0. The highest BCUT2D eigenvalue weighted by molar-refractivity contribution is 7.81. The summed E-state index contributed by atoms with van der Waals surface area (Å²) in [5, 5.41) is 17.2. The summed E-state index contributed by atoms with van der Waals surface area (Å²) >= 11 is 10.3. The fraction of sp³-hybridized carbons (Fsp3) is 0.125. The second kappa shape index (κ2) is 8.36. The summed E-state index contributed by atoms with van der Waals surface area (Å²) in [7, 11) is 0. The van der Waals surface area contributed by atoms with Crippen molar-refractivity contribution in [2.45, 2.75) is 13.8 Å². The number of anilines is 2. The van der Waals surface area contributed by atoms with Gasteiger partial charge in [-0.3, -0.25) is 21.0 Å². The Balaban J connectivity index is 1.88. The van der Waals surface area contributed by atoms with E-state index in [2.05, 4.69) is 21.5 Å². The summed E-state index contributed by atoms with van der Waals surface area (Å²) in [6, 6.07) is 12.1. The van der Waals surface area contributed by atoms with Crippen LogP contribution in [0.1, 0.15) is 11.1 Å². The smallest absolute Gasteiger partial charge is 0.292 e. The van der Waals surface area contributed by atoms with Crippen LogP contribution in [0.2, 0.25) is 0 Å². The molecule has 25 heavy (non-hydrogen) atoms. The van der Waals surface area contributed by atoms with Gasteiger partial charge in [0, 0.05) is 11.8 Å². The van der Waals surface area contributed by atoms with E-state index in [1.165, 1.54) is 11.6 Å². The summed E-state index contributed by atoms with van der Waals surface area (Å²) < 4.78 is 0. The van der Waals surface area contributed by atoms with Crippen LogP contribution in [0.25, 0.3) is 0 Å². The predicted octanol–water partition coefficient (Wildman–Crippen LogP) is 3.40. The van der Waals surface area contributed by atoms with Crippen molar-refractivity contribution in [3.63, 3.8) is 0 Å². The molecule has 0 radical (unpaired) electrons. The second-order valence-corrected chi connectivity index (χ2v) is 6.05. The molecule has 0 saturated carbocycles. The number of nitro groups is 1. The molecule has 0 aliphatic carbocycles. The zero-order chi connectivity index (χ0) is 18.4. The average Bonchev–Trinajstić information content (AvgIpc) is 2.57. The fourth-order valence-electron chi connectivity index (χ4n) is 1.99. The number of nitro benzene ring substituents is 1. The van der Waals surface area contributed by atoms with Crippen LogP contribution in [-0.2, 0) is 0 Å². The van der Waals surface area contributed by atoms with E-state index >= 15 is 0 Å². The quantitative estimate of drug-likeness (QED) is 0.369. The molecule has 0 bridgehead atoms. The van der Waals surface area contributed by atoms with Crippen LogP contribution >= 0.6 is 24.4 Å². The lowest BCUT2D eigenvalue weighted by atomic mass is 10.1. The van der Waals surface area contributed by atoms with Crippen molar-refractivity contribution in [2.75, 3.05) is 10.6 Å². The van der Waals surface area contributed by atoms with Crippen LogP contribution in [0.15, 0.2) is 42.5 Å². The number of aryl methyl sites for hydroxylation is 2. The lowest BCUT2D eigenvalue weighted by Crippen LogP contribution is -2.45. The Labute approximate surface area is 155 Å². The van der Waals surface area contributed by atoms with Gasteiger partial charge in [-0.25, -0.2) is 0 Å². The van der Waals surface area contributed by atoms with Crippen molar-refractivity contribution in [1.82, 2.24) is 10.9 Å². The summed E-state index contributed by atoms with van der Waals surface area (Å²) in [6.45, 7) is 4.05. The minimum Gasteiger partial charge on any atom is -0.331 e. The van der Waals surface area contributed by atoms with Gasteiger partial charge in [-0.2, -0.15) is 0 Å². The largest absolute Gasteiger partial charge is 0.331 e. The van der Waals surface area contributed by atoms with Gasteiger partial charge in [-0.15, -0.1) is 0 Å². The number of rotatable bonds is 3. The van der Waals surface area contributed by atoms with Gasteiger partial charge in [0.15, 0.2) is 10.2 Å². The molecular weight excluding hydrogens is 358 g/mol. The number of nitrogens with one attached hydrogen (secondary N) is 4. The Morgan fingerprint density at radius 3 is 2.24 bits per heavy atom. The lowest BCUT2D eigenvalue weighted by Gasteiger charge is -2.15. The molecule has 2 aromatic rings. The van der Waals surface area contributed by atoms with E-state index < -0.39 is 4.92 Å². The Morgan fingerprint density at radius 1 is 0.960 bits per heavy atom. The number of para-hydroxylation sites is 2. The SMILES string of the molecule is Cc1ccc(NC(=S)NNC(=S)Nc2ccccc2[N+](=O)[O-])cc1C. The Hall–Kier alpha value is -2.78. The highest BCUT2D eigenvalue weighted by Gasteiger charge is 2.13. The molecule has 0 aliphatic rings. The van der Waals surface area contributed by atoms with E-state index in [0.29, 0.717) is 10.8 Å². The first-order valence-electron chi connectivity index (χ1n) is 7.31. The topological polar surface area (TPSA) is 91.3 Å². The molecule has 0 heterocycles. The average molecular weight is 375 g/mol. The normalized spacial score (nSPS) is 9.84. The van der Waals surface area contributed by atoms with Gasteiger partial charge in [0.2, 0.25) is 0 Å². The maximum Gasteiger partial charge on any atom is 0.292 e. The van der Waals surface area contributed by atoms with Crippen LogP contribution in [0.4, 0.5) is 17.1 Å². The standard InChI is InChI=1S/C16H17N5O2S2/c1-10-7-8-12(9-11(10)2)17-15(24)19-20-16(25)18-13-5-3-4-6-14(13)21(22)23/h3-9H,1-2H3,(H2,17,19,24)(H2,18,20,25). The predicted molar refractivity (Wildman–Crippen MR) is 108 cm³/mol. The van der Waals surface area contributed by atoms with Crippen molar-refractivity contribution in [3.8, 4) is 0 Å². The molecule has 0 amide bonds. The third-order valence-electron chi connectivity index (χ3n) is 3.40. The van der Waals surface area contributed by atoms with E-state index in [1.807, 2.05) is 32.0 Å². The molecule has 2 aromatic carbocycles. The number of hydrazine groups is 1. The highest BCUT2D eigenvalue weighted by atomic mass is 32.1. The van der Waals surface area contributed by atoms with Crippen molar-refractivity contribution in [3.05, 3.63) is 63.7 Å². The van der Waals surface area contributed by atoms with E-state index in [1.54, 1.807) is 18.2 Å². The Kier molecular flexibility index (Phi) is 6.20. The van der Waals surface area contributed by atoms with Gasteiger partial charge in [-0.1, -0.05) is 18.2 Å². The van der Waals surface area contributed by atoms with Gasteiger partial charge < -0.3 is 10.6 Å². The number of benzene rings is 2. The van der Waals surface area contributed by atoms with Crippen molar-refractivity contribution in [2.24, 2.45) is 0 Å². The molecule has 2 rings (SSSR count). The number of hydrogen-bond donors (Lipinski definition) is 4. The first kappa shape index (κ1) is 18.6. The van der Waals surface area contributed by atoms with Crippen LogP contribution in [0.3, 0.4) is 0 Å². The Morgan fingerprint density at radius 2 is 1.60 bits per heavy atom. The van der Waals surface area contributed by atoms with Crippen LogP contribution < -0.4 is 21.5 Å². The minimum atomic E-state index is -0.482. The summed E-state index contributed by atoms with van der Waals surface area (Å²) in [4.78, 5) is 10.5. The van der Waals surface area contributed by atoms with Crippen LogP contribution in [0, 0.1) is 24.0 Å². The van der Waals surface area contributed by atoms with E-state index in [-0.39, 0.29) is 10.8 Å². The van der Waals surface area contributed by atoms with Gasteiger partial charge in [0.05, 0.1) is 4.92 Å². The fourth-order valence-corrected chi connectivity index (χ4v) is 2.32. The molecule has 0 aliphatic heterocycles. The van der Waals surface area contributed by atoms with Crippen molar-refractivity contribution < 1.29 is 4.92 Å². The molecule has 7 nitrogen and oxygen atoms in total. The number of nitrogens with zero attached hydrogens (tertiary/aromatic N) is 1. The summed E-state index contributed by atoms with van der Waals surface area (Å²) in [6.07, 6.45) is 0. The van der Waals surface area contributed by atoms with Crippen LogP contribution in [-0.4, -0.2) is 15.1 Å². The number of hydrogen-bond acceptors (Lipinski definition) is 4. The third kappa shape index (κ3) is 5.37. The summed E-state index contributed by atoms with van der Waals surface area (Å²) in [5.74, 6) is 0. The second-order valence-electron chi connectivity index (χ2n) is 5.23. The zero-order valence-corrected chi connectivity index (χ0v) is 15.3. The lowest BCUT2D eigenvalue weighted by molar-refractivity contribution is -0.383. The highest BCUT2D eigenvalue weighted by Crippen LogP contribution is 2.22. The molecule has 0 atom stereocenters. The summed E-state index contributed by atoms with van der Waals surface area (Å²) in [5.41, 5.74) is 8.83. The molecule has 0 unspecified atom stereocenters. The molecule has 0 saturated heterocycles. The van der Waals surface area contributed by atoms with Gasteiger partial charge in [0.25, 0.3) is 5.69 Å². The molecule has 0 fully saturated rings. The van der Waals surface area contributed by atoms with Crippen LogP contribution in [0.5, 0.6) is 0 Å². The molecule has 0 spiro atoms. The number of thiocarbonyl (C=S) groups is 2. The van der Waals surface area contributed by atoms with E-state index in [0.717, 1.165) is 11.3 Å². The molecule has 4 N–H and O–H groups in total. The van der Waals surface area contributed by atoms with Gasteiger partial charge in [-0.05, 0) is 67.6 Å². The van der Waals surface area contributed by atoms with Gasteiger partial charge >= 0.3 is 0 Å². The Bertz CT molecular complexity index is 826. The van der Waals surface area contributed by atoms with Crippen molar-refractivity contribution >= 4 is 51.7 Å². The molecular formula is C16H17N5O2S2. The third-order valence-corrected chi connectivity index (χ3v) is 3.81. The van der Waals surface area contributed by atoms with Gasteiger partial charge in [0.1, 0.15) is 5.69 Å².